The van der Waals surface area contributed by atoms with Gasteiger partial charge < -0.3 is 0 Å². The van der Waals surface area contributed by atoms with E-state index in [1.165, 1.54) is 11.1 Å². The van der Waals surface area contributed by atoms with E-state index in [9.17, 15) is 0 Å². The third kappa shape index (κ3) is 2.87. The predicted molar refractivity (Wildman–Crippen MR) is 76.7 cm³/mol. The van der Waals surface area contributed by atoms with Gasteiger partial charge in [-0.2, -0.15) is 0 Å². The highest BCUT2D eigenvalue weighted by molar-refractivity contribution is 14.1. The quantitative estimate of drug-likeness (QED) is 0.549. The topological polar surface area (TPSA) is 25.8 Å². The van der Waals surface area contributed by atoms with Gasteiger partial charge in [0.15, 0.2) is 0 Å². The van der Waals surface area contributed by atoms with Crippen molar-refractivity contribution < 1.29 is 0 Å². The first-order valence-corrected chi connectivity index (χ1v) is 6.62. The van der Waals surface area contributed by atoms with Crippen LogP contribution in [-0.2, 0) is 6.42 Å². The van der Waals surface area contributed by atoms with E-state index in [1.807, 2.05) is 6.07 Å². The molecule has 2 nitrogen and oxygen atoms in total. The molecule has 0 saturated carbocycles. The molecule has 0 atom stereocenters. The molecule has 0 unspecified atom stereocenters. The minimum atomic E-state index is 0.901. The Labute approximate surface area is 116 Å². The molecular weight excluding hydrogens is 414 g/mol. The third-order valence-electron chi connectivity index (χ3n) is 2.06. The van der Waals surface area contributed by atoms with Gasteiger partial charge in [-0.25, -0.2) is 9.97 Å². The monoisotopic (exact) mass is 422 g/mol. The molecule has 0 fully saturated rings. The number of nitrogens with zero attached hydrogens (tertiary/aromatic N) is 2. The van der Waals surface area contributed by atoms with Gasteiger partial charge in [0, 0.05) is 12.0 Å². The molecule has 0 aliphatic rings. The van der Waals surface area contributed by atoms with Crippen LogP contribution in [0.25, 0.3) is 0 Å². The summed E-state index contributed by atoms with van der Waals surface area (Å²) < 4.78 is 2.08. The maximum Gasteiger partial charge on any atom is 0.117 e. The maximum absolute atomic E-state index is 4.21. The van der Waals surface area contributed by atoms with Gasteiger partial charge in [-0.05, 0) is 50.7 Å². The second-order valence-electron chi connectivity index (χ2n) is 3.10. The first-order chi connectivity index (χ1) is 7.27. The lowest BCUT2D eigenvalue weighted by atomic mass is 10.1. The van der Waals surface area contributed by atoms with Gasteiger partial charge in [0.2, 0.25) is 0 Å². The highest BCUT2D eigenvalue weighted by Crippen LogP contribution is 2.18. The molecule has 0 spiro atoms. The second kappa shape index (κ2) is 5.20. The number of halogens is 2. The molecule has 0 amide bonds. The normalized spacial score (nSPS) is 10.3. The lowest BCUT2D eigenvalue weighted by molar-refractivity contribution is 1.01. The first kappa shape index (κ1) is 11.3. The van der Waals surface area contributed by atoms with Crippen molar-refractivity contribution in [1.82, 2.24) is 9.97 Å². The molecule has 76 valence electrons. The predicted octanol–water partition coefficient (Wildman–Crippen LogP) is 3.28. The van der Waals surface area contributed by atoms with Crippen molar-refractivity contribution in [3.05, 3.63) is 55.2 Å². The van der Waals surface area contributed by atoms with Gasteiger partial charge >= 0.3 is 0 Å². The number of hydrogen-bond donors (Lipinski definition) is 0. The van der Waals surface area contributed by atoms with E-state index in [2.05, 4.69) is 79.4 Å². The summed E-state index contributed by atoms with van der Waals surface area (Å²) >= 11 is 4.51. The summed E-state index contributed by atoms with van der Waals surface area (Å²) in [4.78, 5) is 8.41. The van der Waals surface area contributed by atoms with Gasteiger partial charge in [-0.15, -0.1) is 0 Å². The standard InChI is InChI=1S/C11H8I2N2/c12-10-9(11(13)15-7-14-10)6-8-4-2-1-3-5-8/h1-5,7H,6H2. The van der Waals surface area contributed by atoms with Gasteiger partial charge in [-0.1, -0.05) is 30.3 Å². The molecule has 0 N–H and O–H groups in total. The SMILES string of the molecule is Ic1ncnc(I)c1Cc1ccccc1. The van der Waals surface area contributed by atoms with Crippen LogP contribution in [0, 0.1) is 7.40 Å². The van der Waals surface area contributed by atoms with Gasteiger partial charge in [-0.3, -0.25) is 0 Å². The Hall–Kier alpha value is -0.240. The van der Waals surface area contributed by atoms with Crippen LogP contribution >= 0.6 is 45.2 Å². The van der Waals surface area contributed by atoms with E-state index in [4.69, 9.17) is 0 Å². The Morgan fingerprint density at radius 3 is 2.13 bits per heavy atom. The zero-order valence-electron chi connectivity index (χ0n) is 7.82. The highest BCUT2D eigenvalue weighted by Gasteiger charge is 2.07. The second-order valence-corrected chi connectivity index (χ2v) is 5.14. The van der Waals surface area contributed by atoms with Gasteiger partial charge in [0.05, 0.1) is 0 Å². The number of rotatable bonds is 2. The fourth-order valence-corrected chi connectivity index (χ4v) is 2.97. The van der Waals surface area contributed by atoms with E-state index >= 15 is 0 Å². The van der Waals surface area contributed by atoms with Crippen LogP contribution in [0.5, 0.6) is 0 Å². The molecule has 0 aliphatic heterocycles. The summed E-state index contributed by atoms with van der Waals surface area (Å²) in [6.45, 7) is 0. The van der Waals surface area contributed by atoms with Crippen molar-refractivity contribution in [3.63, 3.8) is 0 Å². The van der Waals surface area contributed by atoms with Crippen molar-refractivity contribution in [2.75, 3.05) is 0 Å². The van der Waals surface area contributed by atoms with Crippen molar-refractivity contribution in [1.29, 1.82) is 0 Å². The Bertz CT molecular complexity index is 437. The van der Waals surface area contributed by atoms with E-state index < -0.39 is 0 Å². The summed E-state index contributed by atoms with van der Waals surface area (Å²) in [5, 5.41) is 0. The largest absolute Gasteiger partial charge is 0.230 e. The van der Waals surface area contributed by atoms with Crippen molar-refractivity contribution >= 4 is 45.2 Å². The molecule has 1 aromatic carbocycles. The lowest BCUT2D eigenvalue weighted by Gasteiger charge is -2.05. The minimum Gasteiger partial charge on any atom is -0.230 e. The van der Waals surface area contributed by atoms with Crippen LogP contribution in [0.4, 0.5) is 0 Å². The molecule has 0 saturated heterocycles. The Kier molecular flexibility index (Phi) is 3.90. The fourth-order valence-electron chi connectivity index (χ4n) is 1.32. The van der Waals surface area contributed by atoms with E-state index in [0.717, 1.165) is 13.8 Å². The third-order valence-corrected chi connectivity index (χ3v) is 3.92. The van der Waals surface area contributed by atoms with Crippen LogP contribution in [0.2, 0.25) is 0 Å². The summed E-state index contributed by atoms with van der Waals surface area (Å²) in [7, 11) is 0. The Balaban J connectivity index is 2.32. The Morgan fingerprint density at radius 1 is 0.933 bits per heavy atom. The summed E-state index contributed by atoms with van der Waals surface area (Å²) in [6.07, 6.45) is 2.51. The van der Waals surface area contributed by atoms with Crippen LogP contribution in [0.15, 0.2) is 36.7 Å². The molecule has 0 aliphatic carbocycles. The Morgan fingerprint density at radius 2 is 1.53 bits per heavy atom. The molecule has 0 radical (unpaired) electrons. The lowest BCUT2D eigenvalue weighted by Crippen LogP contribution is -2.00. The molecule has 0 bridgehead atoms. The molecular formula is C11H8I2N2. The van der Waals surface area contributed by atoms with Crippen molar-refractivity contribution in [3.8, 4) is 0 Å². The average molecular weight is 422 g/mol. The maximum atomic E-state index is 4.21. The van der Waals surface area contributed by atoms with Crippen LogP contribution in [0.1, 0.15) is 11.1 Å². The molecule has 2 aromatic rings. The van der Waals surface area contributed by atoms with E-state index in [0.29, 0.717) is 0 Å². The molecule has 1 heterocycles. The number of benzene rings is 1. The summed E-state index contributed by atoms with van der Waals surface area (Å²) in [5.41, 5.74) is 2.51. The highest BCUT2D eigenvalue weighted by atomic mass is 127. The van der Waals surface area contributed by atoms with Crippen molar-refractivity contribution in [2.24, 2.45) is 0 Å². The van der Waals surface area contributed by atoms with E-state index in [-0.39, 0.29) is 0 Å². The smallest absolute Gasteiger partial charge is 0.117 e. The zero-order chi connectivity index (χ0) is 10.7. The first-order valence-electron chi connectivity index (χ1n) is 4.46. The molecule has 1 aromatic heterocycles. The fraction of sp³-hybridized carbons (Fsp3) is 0.0909. The van der Waals surface area contributed by atoms with Crippen LogP contribution < -0.4 is 0 Å². The zero-order valence-corrected chi connectivity index (χ0v) is 12.1. The van der Waals surface area contributed by atoms with Crippen LogP contribution in [-0.4, -0.2) is 9.97 Å². The minimum absolute atomic E-state index is 0.901. The molecule has 2 rings (SSSR count). The average Bonchev–Trinajstić information content (AvgIpc) is 2.25. The molecule has 15 heavy (non-hydrogen) atoms. The summed E-state index contributed by atoms with van der Waals surface area (Å²) in [6, 6.07) is 10.4. The summed E-state index contributed by atoms with van der Waals surface area (Å²) in [5.74, 6) is 0. The number of aromatic nitrogens is 2. The van der Waals surface area contributed by atoms with Gasteiger partial charge in [0.1, 0.15) is 13.7 Å². The van der Waals surface area contributed by atoms with Crippen LogP contribution in [0.3, 0.4) is 0 Å². The van der Waals surface area contributed by atoms with Gasteiger partial charge in [0.25, 0.3) is 0 Å². The van der Waals surface area contributed by atoms with E-state index in [1.54, 1.807) is 6.33 Å². The number of hydrogen-bond acceptors (Lipinski definition) is 2. The molecule has 4 heteroatoms. The van der Waals surface area contributed by atoms with Crippen molar-refractivity contribution in [2.45, 2.75) is 6.42 Å².